The summed E-state index contributed by atoms with van der Waals surface area (Å²) in [6, 6.07) is 43.7. The van der Waals surface area contributed by atoms with Gasteiger partial charge in [-0.1, -0.05) is 97.1 Å². The van der Waals surface area contributed by atoms with Crippen molar-refractivity contribution in [3.63, 3.8) is 0 Å². The van der Waals surface area contributed by atoms with Gasteiger partial charge in [-0.3, -0.25) is 0 Å². The molecule has 0 saturated heterocycles. The molecular formula is C32H26N2O. The molecule has 0 fully saturated rings. The molecule has 5 aromatic carbocycles. The SMILES string of the molecule is CN1c2c(-c3cccc(-c4ccccc4)c3)cccc2N(c2ccccc2)C1c1ccccc1O. The summed E-state index contributed by atoms with van der Waals surface area (Å²) in [4.78, 5) is 4.59. The Kier molecular flexibility index (Phi) is 5.23. The molecule has 1 atom stereocenters. The maximum atomic E-state index is 10.8. The summed E-state index contributed by atoms with van der Waals surface area (Å²) in [5.74, 6) is 0.297. The molecule has 3 heteroatoms. The van der Waals surface area contributed by atoms with Gasteiger partial charge in [-0.2, -0.15) is 0 Å². The number of anilines is 3. The lowest BCUT2D eigenvalue weighted by Crippen LogP contribution is -2.30. The van der Waals surface area contributed by atoms with Gasteiger partial charge in [0.2, 0.25) is 0 Å². The Morgan fingerprint density at radius 3 is 2.00 bits per heavy atom. The second-order valence-corrected chi connectivity index (χ2v) is 8.87. The Bertz CT molecular complexity index is 1480. The van der Waals surface area contributed by atoms with Crippen molar-refractivity contribution in [2.75, 3.05) is 16.8 Å². The van der Waals surface area contributed by atoms with E-state index < -0.39 is 0 Å². The van der Waals surface area contributed by atoms with Crippen LogP contribution >= 0.6 is 0 Å². The van der Waals surface area contributed by atoms with E-state index in [9.17, 15) is 5.11 Å². The Balaban J connectivity index is 1.54. The summed E-state index contributed by atoms with van der Waals surface area (Å²) in [5.41, 5.74) is 8.96. The number of fused-ring (bicyclic) bond motifs is 1. The topological polar surface area (TPSA) is 26.7 Å². The van der Waals surface area contributed by atoms with E-state index in [1.165, 1.54) is 22.3 Å². The molecular weight excluding hydrogens is 428 g/mol. The number of hydrogen-bond donors (Lipinski definition) is 1. The standard InChI is InChI=1S/C32H26N2O/c1-33-31-27(25-15-10-14-24(22-25)23-12-4-2-5-13-23)19-11-20-29(31)34(26-16-6-3-7-17-26)32(33)28-18-8-9-21-30(28)35/h2-22,32,35H,1H3. The summed E-state index contributed by atoms with van der Waals surface area (Å²) in [6.45, 7) is 0. The minimum Gasteiger partial charge on any atom is -0.508 e. The first-order chi connectivity index (χ1) is 17.2. The quantitative estimate of drug-likeness (QED) is 0.298. The molecule has 35 heavy (non-hydrogen) atoms. The molecule has 1 aliphatic rings. The molecule has 0 radical (unpaired) electrons. The van der Waals surface area contributed by atoms with Crippen LogP contribution in [0, 0.1) is 0 Å². The van der Waals surface area contributed by atoms with Gasteiger partial charge in [-0.15, -0.1) is 0 Å². The largest absolute Gasteiger partial charge is 0.508 e. The predicted molar refractivity (Wildman–Crippen MR) is 145 cm³/mol. The van der Waals surface area contributed by atoms with Gasteiger partial charge in [0.1, 0.15) is 11.9 Å². The van der Waals surface area contributed by atoms with E-state index in [1.807, 2.05) is 30.3 Å². The number of phenolic OH excluding ortho intramolecular Hbond substituents is 1. The second-order valence-electron chi connectivity index (χ2n) is 8.87. The first kappa shape index (κ1) is 21.1. The van der Waals surface area contributed by atoms with Crippen molar-refractivity contribution in [1.29, 1.82) is 0 Å². The average molecular weight is 455 g/mol. The van der Waals surface area contributed by atoms with Crippen LogP contribution in [0.25, 0.3) is 22.3 Å². The molecule has 0 amide bonds. The summed E-state index contributed by atoms with van der Waals surface area (Å²) in [5, 5.41) is 10.8. The van der Waals surface area contributed by atoms with Gasteiger partial charge in [0, 0.05) is 23.9 Å². The van der Waals surface area contributed by atoms with E-state index in [-0.39, 0.29) is 6.17 Å². The molecule has 1 unspecified atom stereocenters. The van der Waals surface area contributed by atoms with E-state index in [0.29, 0.717) is 5.75 Å². The molecule has 0 bridgehead atoms. The van der Waals surface area contributed by atoms with Crippen molar-refractivity contribution in [3.8, 4) is 28.0 Å². The molecule has 6 rings (SSSR count). The Labute approximate surface area is 206 Å². The third-order valence-corrected chi connectivity index (χ3v) is 6.77. The normalized spacial score (nSPS) is 14.7. The van der Waals surface area contributed by atoms with Crippen LogP contribution < -0.4 is 9.80 Å². The van der Waals surface area contributed by atoms with Gasteiger partial charge in [0.15, 0.2) is 0 Å². The second kappa shape index (κ2) is 8.69. The Hall–Kier alpha value is -4.50. The molecule has 0 aliphatic carbocycles. The molecule has 1 N–H and O–H groups in total. The smallest absolute Gasteiger partial charge is 0.136 e. The number of benzene rings is 5. The minimum absolute atomic E-state index is 0.174. The molecule has 5 aromatic rings. The highest BCUT2D eigenvalue weighted by Crippen LogP contribution is 2.54. The van der Waals surface area contributed by atoms with Crippen LogP contribution in [-0.4, -0.2) is 12.2 Å². The van der Waals surface area contributed by atoms with Crippen LogP contribution in [0.5, 0.6) is 5.75 Å². The highest BCUT2D eigenvalue weighted by molar-refractivity contribution is 5.95. The van der Waals surface area contributed by atoms with Crippen LogP contribution in [0.3, 0.4) is 0 Å². The van der Waals surface area contributed by atoms with E-state index in [1.54, 1.807) is 6.07 Å². The third-order valence-electron chi connectivity index (χ3n) is 6.77. The van der Waals surface area contributed by atoms with Gasteiger partial charge < -0.3 is 14.9 Å². The average Bonchev–Trinajstić information content (AvgIpc) is 3.22. The maximum Gasteiger partial charge on any atom is 0.136 e. The van der Waals surface area contributed by atoms with Gasteiger partial charge in [0.05, 0.1) is 11.4 Å². The van der Waals surface area contributed by atoms with E-state index in [4.69, 9.17) is 0 Å². The Morgan fingerprint density at radius 2 is 1.23 bits per heavy atom. The van der Waals surface area contributed by atoms with Gasteiger partial charge in [-0.25, -0.2) is 0 Å². The van der Waals surface area contributed by atoms with Gasteiger partial charge in [-0.05, 0) is 47.0 Å². The predicted octanol–water partition coefficient (Wildman–Crippen LogP) is 8.01. The van der Waals surface area contributed by atoms with Crippen LogP contribution in [0.2, 0.25) is 0 Å². The lowest BCUT2D eigenvalue weighted by atomic mass is 9.97. The number of para-hydroxylation sites is 3. The number of phenols is 1. The van der Waals surface area contributed by atoms with E-state index in [0.717, 1.165) is 22.6 Å². The third kappa shape index (κ3) is 3.62. The van der Waals surface area contributed by atoms with E-state index >= 15 is 0 Å². The lowest BCUT2D eigenvalue weighted by molar-refractivity contribution is 0.461. The lowest BCUT2D eigenvalue weighted by Gasteiger charge is -2.32. The number of hydrogen-bond acceptors (Lipinski definition) is 3. The van der Waals surface area contributed by atoms with Gasteiger partial charge >= 0.3 is 0 Å². The highest BCUT2D eigenvalue weighted by Gasteiger charge is 2.38. The molecule has 0 saturated carbocycles. The molecule has 0 aromatic heterocycles. The van der Waals surface area contributed by atoms with Crippen molar-refractivity contribution < 1.29 is 5.11 Å². The fourth-order valence-electron chi connectivity index (χ4n) is 5.18. The van der Waals surface area contributed by atoms with Crippen LogP contribution in [0.4, 0.5) is 17.1 Å². The Morgan fingerprint density at radius 1 is 0.600 bits per heavy atom. The molecule has 0 spiro atoms. The maximum absolute atomic E-state index is 10.8. The zero-order valence-corrected chi connectivity index (χ0v) is 19.5. The fraction of sp³-hybridized carbons (Fsp3) is 0.0625. The summed E-state index contributed by atoms with van der Waals surface area (Å²) >= 11 is 0. The van der Waals surface area contributed by atoms with Crippen molar-refractivity contribution in [3.05, 3.63) is 133 Å². The zero-order valence-electron chi connectivity index (χ0n) is 19.5. The molecule has 1 aliphatic heterocycles. The fourth-order valence-corrected chi connectivity index (χ4v) is 5.18. The summed E-state index contributed by atoms with van der Waals surface area (Å²) in [7, 11) is 2.11. The number of nitrogens with zero attached hydrogens (tertiary/aromatic N) is 2. The molecule has 3 nitrogen and oxygen atoms in total. The first-order valence-electron chi connectivity index (χ1n) is 11.9. The monoisotopic (exact) mass is 454 g/mol. The van der Waals surface area contributed by atoms with Crippen molar-refractivity contribution in [1.82, 2.24) is 0 Å². The summed E-state index contributed by atoms with van der Waals surface area (Å²) < 4.78 is 0. The summed E-state index contributed by atoms with van der Waals surface area (Å²) in [6.07, 6.45) is -0.174. The van der Waals surface area contributed by atoms with Crippen LogP contribution in [0.15, 0.2) is 127 Å². The van der Waals surface area contributed by atoms with Gasteiger partial charge in [0.25, 0.3) is 0 Å². The van der Waals surface area contributed by atoms with Crippen molar-refractivity contribution in [2.45, 2.75) is 6.17 Å². The van der Waals surface area contributed by atoms with Crippen molar-refractivity contribution >= 4 is 17.1 Å². The first-order valence-corrected chi connectivity index (χ1v) is 11.9. The zero-order chi connectivity index (χ0) is 23.8. The molecule has 170 valence electrons. The van der Waals surface area contributed by atoms with Crippen LogP contribution in [-0.2, 0) is 0 Å². The number of aromatic hydroxyl groups is 1. The van der Waals surface area contributed by atoms with Crippen molar-refractivity contribution in [2.24, 2.45) is 0 Å². The minimum atomic E-state index is -0.174. The highest BCUT2D eigenvalue weighted by atomic mass is 16.3. The van der Waals surface area contributed by atoms with E-state index in [2.05, 4.69) is 108 Å². The molecule has 1 heterocycles. The van der Waals surface area contributed by atoms with Crippen LogP contribution in [0.1, 0.15) is 11.7 Å². The number of rotatable bonds is 4.